The highest BCUT2D eigenvalue weighted by atomic mass is 35.5. The van der Waals surface area contributed by atoms with Crippen LogP contribution in [0.4, 0.5) is 0 Å². The Morgan fingerprint density at radius 2 is 1.93 bits per heavy atom. The monoisotopic (exact) mass is 234 g/mol. The molecular formula is C10H15ClO4. The first kappa shape index (κ1) is 14.0. The summed E-state index contributed by atoms with van der Waals surface area (Å²) in [5, 5.41) is 0. The zero-order valence-corrected chi connectivity index (χ0v) is 9.62. The third-order valence-corrected chi connectivity index (χ3v) is 1.89. The number of hydrogen-bond donors (Lipinski definition) is 0. The van der Waals surface area contributed by atoms with Crippen LogP contribution in [0.2, 0.25) is 0 Å². The van der Waals surface area contributed by atoms with Gasteiger partial charge in [0, 0.05) is 12.2 Å². The van der Waals surface area contributed by atoms with Crippen LogP contribution in [0.15, 0.2) is 12.2 Å². The molecule has 0 N–H and O–H groups in total. The fourth-order valence-electron chi connectivity index (χ4n) is 0.793. The molecular weight excluding hydrogens is 220 g/mol. The molecule has 0 aliphatic carbocycles. The third kappa shape index (κ3) is 8.00. The molecule has 0 spiro atoms. The van der Waals surface area contributed by atoms with Gasteiger partial charge in [0.2, 0.25) is 0 Å². The summed E-state index contributed by atoms with van der Waals surface area (Å²) in [5.74, 6) is -1.25. The van der Waals surface area contributed by atoms with Crippen LogP contribution >= 0.6 is 11.6 Å². The molecule has 0 bridgehead atoms. The Bertz CT molecular complexity index is 238. The Kier molecular flexibility index (Phi) is 7.72. The number of methoxy groups -OCH3 is 1. The fourth-order valence-corrected chi connectivity index (χ4v) is 1.04. The molecule has 0 aromatic heterocycles. The lowest BCUT2D eigenvalue weighted by molar-refractivity contribution is -0.140. The number of hydrogen-bond acceptors (Lipinski definition) is 4. The predicted octanol–water partition coefficient (Wildman–Crippen LogP) is 2.01. The Morgan fingerprint density at radius 1 is 1.33 bits per heavy atom. The van der Waals surface area contributed by atoms with Crippen molar-refractivity contribution in [2.75, 3.05) is 7.11 Å². The number of esters is 2. The molecule has 4 nitrogen and oxygen atoms in total. The Morgan fingerprint density at radius 3 is 2.47 bits per heavy atom. The number of alkyl halides is 1. The van der Waals surface area contributed by atoms with Crippen LogP contribution < -0.4 is 0 Å². The molecule has 0 radical (unpaired) electrons. The van der Waals surface area contributed by atoms with Crippen LogP contribution in [0.3, 0.4) is 0 Å². The quantitative estimate of drug-likeness (QED) is 0.401. The number of ether oxygens (including phenoxy) is 2. The maximum Gasteiger partial charge on any atom is 0.332 e. The molecule has 0 saturated heterocycles. The number of halogens is 1. The summed E-state index contributed by atoms with van der Waals surface area (Å²) in [5.41, 5.74) is -0.639. The zero-order chi connectivity index (χ0) is 11.7. The average Bonchev–Trinajstić information content (AvgIpc) is 2.22. The van der Waals surface area contributed by atoms with Gasteiger partial charge in [-0.3, -0.25) is 0 Å². The van der Waals surface area contributed by atoms with Crippen molar-refractivity contribution in [2.45, 2.75) is 31.7 Å². The van der Waals surface area contributed by atoms with Gasteiger partial charge in [-0.1, -0.05) is 24.9 Å². The molecule has 0 amide bonds. The normalized spacial score (nSPS) is 12.5. The van der Waals surface area contributed by atoms with Gasteiger partial charge in [0.05, 0.1) is 7.11 Å². The molecule has 0 fully saturated rings. The maximum atomic E-state index is 11.0. The second-order valence-corrected chi connectivity index (χ2v) is 3.33. The summed E-state index contributed by atoms with van der Waals surface area (Å²) in [6.45, 7) is 2.02. The summed E-state index contributed by atoms with van der Waals surface area (Å²) in [4.78, 5) is 21.7. The van der Waals surface area contributed by atoms with E-state index in [-0.39, 0.29) is 0 Å². The molecule has 0 aliphatic heterocycles. The van der Waals surface area contributed by atoms with E-state index in [1.807, 2.05) is 6.92 Å². The summed E-state index contributed by atoms with van der Waals surface area (Å²) < 4.78 is 9.08. The third-order valence-electron chi connectivity index (χ3n) is 1.59. The summed E-state index contributed by atoms with van der Waals surface area (Å²) >= 11 is 5.71. The van der Waals surface area contributed by atoms with Crippen molar-refractivity contribution in [3.05, 3.63) is 12.2 Å². The molecule has 86 valence electrons. The Hall–Kier alpha value is -1.03. The lowest BCUT2D eigenvalue weighted by Gasteiger charge is -2.08. The molecule has 15 heavy (non-hydrogen) atoms. The van der Waals surface area contributed by atoms with Crippen LogP contribution in [0, 0.1) is 0 Å². The second-order valence-electron chi connectivity index (χ2n) is 2.85. The molecule has 0 rings (SSSR count). The van der Waals surface area contributed by atoms with E-state index in [4.69, 9.17) is 16.3 Å². The van der Waals surface area contributed by atoms with Crippen LogP contribution in [-0.2, 0) is 19.1 Å². The lowest BCUT2D eigenvalue weighted by Crippen LogP contribution is -2.10. The standard InChI is InChI=1S/C10H15ClO4/c1-3-4-5-8(11)15-10(13)7-6-9(12)14-2/h6-8H,3-5H2,1-2H3/b7-6+. The van der Waals surface area contributed by atoms with E-state index < -0.39 is 17.5 Å². The van der Waals surface area contributed by atoms with Gasteiger partial charge in [0.15, 0.2) is 5.56 Å². The summed E-state index contributed by atoms with van der Waals surface area (Å²) in [6.07, 6.45) is 4.47. The number of carbonyl (C=O) groups is 2. The van der Waals surface area contributed by atoms with Crippen molar-refractivity contribution in [3.8, 4) is 0 Å². The van der Waals surface area contributed by atoms with Gasteiger partial charge in [-0.2, -0.15) is 0 Å². The van der Waals surface area contributed by atoms with E-state index in [2.05, 4.69) is 4.74 Å². The van der Waals surface area contributed by atoms with Crippen LogP contribution in [-0.4, -0.2) is 24.6 Å². The molecule has 1 atom stereocenters. The van der Waals surface area contributed by atoms with Crippen molar-refractivity contribution >= 4 is 23.5 Å². The first-order chi connectivity index (χ1) is 7.10. The molecule has 0 heterocycles. The number of rotatable bonds is 6. The van der Waals surface area contributed by atoms with E-state index in [1.54, 1.807) is 0 Å². The van der Waals surface area contributed by atoms with Gasteiger partial charge < -0.3 is 9.47 Å². The van der Waals surface area contributed by atoms with Crippen molar-refractivity contribution in [1.82, 2.24) is 0 Å². The van der Waals surface area contributed by atoms with Crippen LogP contribution in [0.25, 0.3) is 0 Å². The largest absolute Gasteiger partial charge is 0.466 e. The first-order valence-electron chi connectivity index (χ1n) is 4.70. The number of unbranched alkanes of at least 4 members (excludes halogenated alkanes) is 1. The summed E-state index contributed by atoms with van der Waals surface area (Å²) in [6, 6.07) is 0. The highest BCUT2D eigenvalue weighted by molar-refractivity contribution is 6.20. The minimum atomic E-state index is -0.642. The minimum absolute atomic E-state index is 0.605. The van der Waals surface area contributed by atoms with Gasteiger partial charge in [-0.25, -0.2) is 9.59 Å². The molecule has 0 aromatic rings. The summed E-state index contributed by atoms with van der Waals surface area (Å²) in [7, 11) is 1.23. The maximum absolute atomic E-state index is 11.0. The molecule has 0 aromatic carbocycles. The van der Waals surface area contributed by atoms with Crippen molar-refractivity contribution < 1.29 is 19.1 Å². The van der Waals surface area contributed by atoms with Gasteiger partial charge in [-0.05, 0) is 12.8 Å². The number of carbonyl (C=O) groups excluding carboxylic acids is 2. The Labute approximate surface area is 94.2 Å². The van der Waals surface area contributed by atoms with Crippen LogP contribution in [0.1, 0.15) is 26.2 Å². The lowest BCUT2D eigenvalue weighted by atomic mass is 10.3. The second kappa shape index (κ2) is 8.29. The van der Waals surface area contributed by atoms with Gasteiger partial charge in [0.1, 0.15) is 0 Å². The average molecular weight is 235 g/mol. The van der Waals surface area contributed by atoms with Crippen molar-refractivity contribution in [2.24, 2.45) is 0 Å². The highest BCUT2D eigenvalue weighted by Gasteiger charge is 2.08. The van der Waals surface area contributed by atoms with E-state index in [0.29, 0.717) is 6.42 Å². The molecule has 5 heteroatoms. The van der Waals surface area contributed by atoms with Crippen molar-refractivity contribution in [1.29, 1.82) is 0 Å². The SMILES string of the molecule is CCCCC(Cl)OC(=O)/C=C/C(=O)OC. The fraction of sp³-hybridized carbons (Fsp3) is 0.600. The smallest absolute Gasteiger partial charge is 0.332 e. The van der Waals surface area contributed by atoms with Crippen LogP contribution in [0.5, 0.6) is 0 Å². The van der Waals surface area contributed by atoms with E-state index in [1.165, 1.54) is 7.11 Å². The molecule has 1 unspecified atom stereocenters. The minimum Gasteiger partial charge on any atom is -0.466 e. The van der Waals surface area contributed by atoms with E-state index >= 15 is 0 Å². The van der Waals surface area contributed by atoms with Gasteiger partial charge in [0.25, 0.3) is 0 Å². The molecule has 0 aliphatic rings. The van der Waals surface area contributed by atoms with E-state index in [9.17, 15) is 9.59 Å². The molecule has 0 saturated carbocycles. The van der Waals surface area contributed by atoms with Crippen molar-refractivity contribution in [3.63, 3.8) is 0 Å². The highest BCUT2D eigenvalue weighted by Crippen LogP contribution is 2.09. The van der Waals surface area contributed by atoms with Gasteiger partial charge in [-0.15, -0.1) is 0 Å². The van der Waals surface area contributed by atoms with Gasteiger partial charge >= 0.3 is 11.9 Å². The zero-order valence-electron chi connectivity index (χ0n) is 8.86. The predicted molar refractivity (Wildman–Crippen MR) is 56.4 cm³/mol. The first-order valence-corrected chi connectivity index (χ1v) is 5.14. The topological polar surface area (TPSA) is 52.6 Å². The van der Waals surface area contributed by atoms with E-state index in [0.717, 1.165) is 25.0 Å². The Balaban J connectivity index is 3.82.